The SMILES string of the molecule is COc1cc(C(=O)Nc2ccc(-n3cccn3)c(F)c2)ccc1OCC(=O)NC(C)C. The van der Waals surface area contributed by atoms with Gasteiger partial charge in [-0.2, -0.15) is 5.10 Å². The van der Waals surface area contributed by atoms with Gasteiger partial charge in [-0.05, 0) is 56.3 Å². The van der Waals surface area contributed by atoms with Crippen LogP contribution < -0.4 is 20.1 Å². The van der Waals surface area contributed by atoms with E-state index in [1.54, 1.807) is 24.5 Å². The molecule has 1 aromatic heterocycles. The molecule has 0 aliphatic carbocycles. The van der Waals surface area contributed by atoms with Gasteiger partial charge in [0.2, 0.25) is 0 Å². The van der Waals surface area contributed by atoms with Gasteiger partial charge in [0.05, 0.1) is 7.11 Å². The van der Waals surface area contributed by atoms with Crippen LogP contribution in [0.5, 0.6) is 11.5 Å². The van der Waals surface area contributed by atoms with E-state index < -0.39 is 11.7 Å². The Morgan fingerprint density at radius 1 is 1.16 bits per heavy atom. The summed E-state index contributed by atoms with van der Waals surface area (Å²) in [6.07, 6.45) is 3.17. The second kappa shape index (κ2) is 9.75. The predicted molar refractivity (Wildman–Crippen MR) is 113 cm³/mol. The number of ether oxygens (including phenoxy) is 2. The summed E-state index contributed by atoms with van der Waals surface area (Å²) in [6, 6.07) is 10.6. The number of hydrogen-bond donors (Lipinski definition) is 2. The number of anilines is 1. The molecule has 0 saturated carbocycles. The minimum Gasteiger partial charge on any atom is -0.493 e. The van der Waals surface area contributed by atoms with Crippen molar-refractivity contribution in [1.29, 1.82) is 0 Å². The smallest absolute Gasteiger partial charge is 0.258 e. The highest BCUT2D eigenvalue weighted by atomic mass is 19.1. The number of aromatic nitrogens is 2. The first kappa shape index (κ1) is 21.8. The molecule has 3 rings (SSSR count). The van der Waals surface area contributed by atoms with Gasteiger partial charge in [0.1, 0.15) is 5.69 Å². The van der Waals surface area contributed by atoms with Crippen LogP contribution in [0.15, 0.2) is 54.9 Å². The van der Waals surface area contributed by atoms with Crippen LogP contribution in [-0.2, 0) is 4.79 Å². The van der Waals surface area contributed by atoms with Crippen molar-refractivity contribution in [2.75, 3.05) is 19.0 Å². The number of rotatable bonds is 8. The maximum atomic E-state index is 14.4. The summed E-state index contributed by atoms with van der Waals surface area (Å²) < 4.78 is 26.5. The second-order valence-corrected chi connectivity index (χ2v) is 6.95. The number of halogens is 1. The highest BCUT2D eigenvalue weighted by molar-refractivity contribution is 6.04. The van der Waals surface area contributed by atoms with E-state index >= 15 is 0 Å². The molecular weight excluding hydrogens is 403 g/mol. The molecule has 0 radical (unpaired) electrons. The Balaban J connectivity index is 1.69. The number of amides is 2. The third-order valence-electron chi connectivity index (χ3n) is 4.19. The highest BCUT2D eigenvalue weighted by Gasteiger charge is 2.14. The molecule has 1 heterocycles. The van der Waals surface area contributed by atoms with E-state index in [4.69, 9.17) is 9.47 Å². The molecule has 2 amide bonds. The number of hydrogen-bond acceptors (Lipinski definition) is 5. The van der Waals surface area contributed by atoms with Gasteiger partial charge < -0.3 is 20.1 Å². The molecule has 0 spiro atoms. The lowest BCUT2D eigenvalue weighted by Gasteiger charge is -2.13. The molecule has 8 nitrogen and oxygen atoms in total. The summed E-state index contributed by atoms with van der Waals surface area (Å²) in [5.41, 5.74) is 0.850. The minimum atomic E-state index is -0.525. The number of nitrogens with zero attached hydrogens (tertiary/aromatic N) is 2. The normalized spacial score (nSPS) is 10.6. The van der Waals surface area contributed by atoms with Crippen molar-refractivity contribution in [1.82, 2.24) is 15.1 Å². The average Bonchev–Trinajstić information content (AvgIpc) is 3.26. The van der Waals surface area contributed by atoms with Crippen molar-refractivity contribution >= 4 is 17.5 Å². The van der Waals surface area contributed by atoms with Crippen molar-refractivity contribution in [3.8, 4) is 17.2 Å². The minimum absolute atomic E-state index is 0.00233. The van der Waals surface area contributed by atoms with Gasteiger partial charge in [-0.15, -0.1) is 0 Å². The summed E-state index contributed by atoms with van der Waals surface area (Å²) in [5.74, 6) is -0.617. The van der Waals surface area contributed by atoms with Crippen molar-refractivity contribution in [2.24, 2.45) is 0 Å². The largest absolute Gasteiger partial charge is 0.493 e. The van der Waals surface area contributed by atoms with Crippen LogP contribution >= 0.6 is 0 Å². The Labute approximate surface area is 179 Å². The molecule has 2 aromatic carbocycles. The van der Waals surface area contributed by atoms with E-state index in [1.807, 2.05) is 13.8 Å². The number of carbonyl (C=O) groups is 2. The van der Waals surface area contributed by atoms with Crippen LogP contribution in [0.2, 0.25) is 0 Å². The average molecular weight is 426 g/mol. The first-order valence-electron chi connectivity index (χ1n) is 9.58. The number of nitrogens with one attached hydrogen (secondary N) is 2. The molecule has 0 unspecified atom stereocenters. The molecule has 9 heteroatoms. The van der Waals surface area contributed by atoms with Crippen molar-refractivity contribution in [3.63, 3.8) is 0 Å². The van der Waals surface area contributed by atoms with E-state index in [0.29, 0.717) is 17.2 Å². The Kier molecular flexibility index (Phi) is 6.86. The molecular formula is C22H23FN4O4. The Morgan fingerprint density at radius 3 is 2.61 bits per heavy atom. The fourth-order valence-electron chi connectivity index (χ4n) is 2.82. The monoisotopic (exact) mass is 426 g/mol. The standard InChI is InChI=1S/C22H23FN4O4/c1-14(2)25-21(28)13-31-19-8-5-15(11-20(19)30-3)22(29)26-16-6-7-18(17(23)12-16)27-10-4-9-24-27/h4-12,14H,13H2,1-3H3,(H,25,28)(H,26,29). The Bertz CT molecular complexity index is 1070. The van der Waals surface area contributed by atoms with Gasteiger partial charge in [0.15, 0.2) is 23.9 Å². The third-order valence-corrected chi connectivity index (χ3v) is 4.19. The van der Waals surface area contributed by atoms with E-state index in [9.17, 15) is 14.0 Å². The lowest BCUT2D eigenvalue weighted by Crippen LogP contribution is -2.34. The molecule has 0 fully saturated rings. The molecule has 2 N–H and O–H groups in total. The van der Waals surface area contributed by atoms with Crippen molar-refractivity contribution < 1.29 is 23.5 Å². The summed E-state index contributed by atoms with van der Waals surface area (Å²) in [6.45, 7) is 3.52. The molecule has 0 bridgehead atoms. The fraction of sp³-hybridized carbons (Fsp3) is 0.227. The van der Waals surface area contributed by atoms with E-state index in [1.165, 1.54) is 42.1 Å². The summed E-state index contributed by atoms with van der Waals surface area (Å²) in [7, 11) is 1.43. The molecule has 0 aliphatic rings. The number of methoxy groups -OCH3 is 1. The second-order valence-electron chi connectivity index (χ2n) is 6.95. The lowest BCUT2D eigenvalue weighted by molar-refractivity contribution is -0.123. The number of carbonyl (C=O) groups excluding carboxylic acids is 2. The van der Waals surface area contributed by atoms with Crippen molar-refractivity contribution in [2.45, 2.75) is 19.9 Å². The van der Waals surface area contributed by atoms with Crippen LogP contribution in [0.1, 0.15) is 24.2 Å². The van der Waals surface area contributed by atoms with Crippen LogP contribution in [0.4, 0.5) is 10.1 Å². The maximum absolute atomic E-state index is 14.4. The highest BCUT2D eigenvalue weighted by Crippen LogP contribution is 2.28. The van der Waals surface area contributed by atoms with E-state index in [2.05, 4.69) is 15.7 Å². The summed E-state index contributed by atoms with van der Waals surface area (Å²) >= 11 is 0. The summed E-state index contributed by atoms with van der Waals surface area (Å²) in [4.78, 5) is 24.3. The lowest BCUT2D eigenvalue weighted by atomic mass is 10.1. The van der Waals surface area contributed by atoms with Crippen molar-refractivity contribution in [3.05, 3.63) is 66.2 Å². The maximum Gasteiger partial charge on any atom is 0.258 e. The van der Waals surface area contributed by atoms with Crippen LogP contribution in [0.3, 0.4) is 0 Å². The van der Waals surface area contributed by atoms with Gasteiger partial charge in [-0.3, -0.25) is 9.59 Å². The van der Waals surface area contributed by atoms with E-state index in [-0.39, 0.29) is 29.8 Å². The molecule has 0 atom stereocenters. The van der Waals surface area contributed by atoms with Crippen LogP contribution in [-0.4, -0.2) is 41.4 Å². The first-order valence-corrected chi connectivity index (χ1v) is 9.58. The predicted octanol–water partition coefficient (Wildman–Crippen LogP) is 3.18. The zero-order valence-corrected chi connectivity index (χ0v) is 17.4. The van der Waals surface area contributed by atoms with Crippen LogP contribution in [0.25, 0.3) is 5.69 Å². The zero-order chi connectivity index (χ0) is 22.4. The molecule has 162 valence electrons. The van der Waals surface area contributed by atoms with Gasteiger partial charge in [-0.25, -0.2) is 9.07 Å². The van der Waals surface area contributed by atoms with Gasteiger partial charge >= 0.3 is 0 Å². The van der Waals surface area contributed by atoms with Gasteiger partial charge in [-0.1, -0.05) is 0 Å². The van der Waals surface area contributed by atoms with E-state index in [0.717, 1.165) is 0 Å². The Morgan fingerprint density at radius 2 is 1.97 bits per heavy atom. The Hall–Kier alpha value is -3.88. The fourth-order valence-corrected chi connectivity index (χ4v) is 2.82. The molecule has 0 aliphatic heterocycles. The third kappa shape index (κ3) is 5.59. The number of benzene rings is 2. The van der Waals surface area contributed by atoms with Gasteiger partial charge in [0.25, 0.3) is 11.8 Å². The molecule has 0 saturated heterocycles. The van der Waals surface area contributed by atoms with Gasteiger partial charge in [0, 0.05) is 29.7 Å². The topological polar surface area (TPSA) is 94.5 Å². The molecule has 31 heavy (non-hydrogen) atoms. The quantitative estimate of drug-likeness (QED) is 0.577. The molecule has 3 aromatic rings. The first-order chi connectivity index (χ1) is 14.9. The zero-order valence-electron chi connectivity index (χ0n) is 17.4. The van der Waals surface area contributed by atoms with Crippen LogP contribution in [0, 0.1) is 5.82 Å². The summed E-state index contributed by atoms with van der Waals surface area (Å²) in [5, 5.41) is 9.36.